The molecule has 0 unspecified atom stereocenters. The second kappa shape index (κ2) is 7.95. The monoisotopic (exact) mass is 327 g/mol. The van der Waals surface area contributed by atoms with Crippen LogP contribution in [-0.4, -0.2) is 28.0 Å². The van der Waals surface area contributed by atoms with Crippen LogP contribution in [0.5, 0.6) is 0 Å². The van der Waals surface area contributed by atoms with Crippen LogP contribution in [-0.2, 0) is 13.6 Å². The van der Waals surface area contributed by atoms with Gasteiger partial charge in [0.05, 0.1) is 6.20 Å². The lowest BCUT2D eigenvalue weighted by atomic mass is 9.82. The molecule has 2 N–H and O–H groups in total. The van der Waals surface area contributed by atoms with Crippen molar-refractivity contribution >= 4 is 0 Å². The summed E-state index contributed by atoms with van der Waals surface area (Å²) in [4.78, 5) is 0. The number of aliphatic hydroxyl groups is 1. The maximum atomic E-state index is 9.37. The second-order valence-electron chi connectivity index (χ2n) is 7.28. The Balaban J connectivity index is 1.63. The van der Waals surface area contributed by atoms with E-state index in [1.54, 1.807) is 0 Å². The van der Waals surface area contributed by atoms with E-state index >= 15 is 0 Å². The number of hydrogen-bond acceptors (Lipinski definition) is 3. The molecule has 24 heavy (non-hydrogen) atoms. The molecule has 1 fully saturated rings. The van der Waals surface area contributed by atoms with Crippen molar-refractivity contribution in [1.29, 1.82) is 0 Å². The number of aromatic nitrogens is 2. The quantitative estimate of drug-likeness (QED) is 0.856. The largest absolute Gasteiger partial charge is 0.396 e. The zero-order valence-corrected chi connectivity index (χ0v) is 14.8. The van der Waals surface area contributed by atoms with Crippen LogP contribution in [0.4, 0.5) is 0 Å². The average molecular weight is 327 g/mol. The normalized spacial score (nSPS) is 21.1. The molecule has 2 atom stereocenters. The maximum absolute atomic E-state index is 9.37. The molecule has 1 saturated carbocycles. The minimum Gasteiger partial charge on any atom is -0.396 e. The van der Waals surface area contributed by atoms with E-state index in [4.69, 9.17) is 0 Å². The standard InChI is InChI=1S/C20H29N3O/c1-15-6-7-18(20(8-15)19-12-22-23(2)13-19)11-21-10-16-4-3-5-17(9-16)14-24/h6-8,12-13,16-17,21,24H,3-5,9-11,14H2,1-2H3/t16-,17+/m0/s1. The Morgan fingerprint density at radius 1 is 1.29 bits per heavy atom. The predicted octanol–water partition coefficient (Wildman–Crippen LogP) is 3.28. The highest BCUT2D eigenvalue weighted by atomic mass is 16.3. The smallest absolute Gasteiger partial charge is 0.0568 e. The maximum Gasteiger partial charge on any atom is 0.0568 e. The molecule has 4 heteroatoms. The summed E-state index contributed by atoms with van der Waals surface area (Å²) in [6.07, 6.45) is 8.90. The molecule has 4 nitrogen and oxygen atoms in total. The van der Waals surface area contributed by atoms with Crippen molar-refractivity contribution in [2.75, 3.05) is 13.2 Å². The van der Waals surface area contributed by atoms with Gasteiger partial charge in [-0.3, -0.25) is 4.68 Å². The van der Waals surface area contributed by atoms with Crippen molar-refractivity contribution in [1.82, 2.24) is 15.1 Å². The summed E-state index contributed by atoms with van der Waals surface area (Å²) in [7, 11) is 1.96. The van der Waals surface area contributed by atoms with E-state index in [1.165, 1.54) is 41.5 Å². The number of nitrogens with zero attached hydrogens (tertiary/aromatic N) is 2. The molecule has 0 saturated heterocycles. The van der Waals surface area contributed by atoms with Crippen molar-refractivity contribution in [3.05, 3.63) is 41.7 Å². The van der Waals surface area contributed by atoms with Gasteiger partial charge in [0.25, 0.3) is 0 Å². The first-order chi connectivity index (χ1) is 11.7. The van der Waals surface area contributed by atoms with Crippen LogP contribution >= 0.6 is 0 Å². The van der Waals surface area contributed by atoms with Crippen LogP contribution in [0, 0.1) is 18.8 Å². The summed E-state index contributed by atoms with van der Waals surface area (Å²) in [6, 6.07) is 6.65. The summed E-state index contributed by atoms with van der Waals surface area (Å²) in [5, 5.41) is 17.3. The Kier molecular flexibility index (Phi) is 5.69. The third-order valence-electron chi connectivity index (χ3n) is 5.18. The fraction of sp³-hybridized carbons (Fsp3) is 0.550. The van der Waals surface area contributed by atoms with Gasteiger partial charge in [0.15, 0.2) is 0 Å². The number of benzene rings is 1. The number of nitrogens with one attached hydrogen (secondary N) is 1. The molecule has 0 amide bonds. The molecule has 1 aliphatic rings. The SMILES string of the molecule is Cc1ccc(CNC[C@H]2CCC[C@@H](CO)C2)c(-c2cnn(C)c2)c1. The van der Waals surface area contributed by atoms with Gasteiger partial charge in [0.2, 0.25) is 0 Å². The third kappa shape index (κ3) is 4.25. The molecular weight excluding hydrogens is 298 g/mol. The molecule has 0 radical (unpaired) electrons. The topological polar surface area (TPSA) is 50.1 Å². The Morgan fingerprint density at radius 3 is 2.88 bits per heavy atom. The van der Waals surface area contributed by atoms with E-state index in [1.807, 2.05) is 17.9 Å². The molecule has 1 heterocycles. The first kappa shape index (κ1) is 17.2. The van der Waals surface area contributed by atoms with E-state index in [9.17, 15) is 5.11 Å². The summed E-state index contributed by atoms with van der Waals surface area (Å²) < 4.78 is 1.85. The summed E-state index contributed by atoms with van der Waals surface area (Å²) >= 11 is 0. The van der Waals surface area contributed by atoms with E-state index in [0.29, 0.717) is 18.4 Å². The molecule has 1 aromatic heterocycles. The highest BCUT2D eigenvalue weighted by Gasteiger charge is 2.21. The minimum atomic E-state index is 0.347. The van der Waals surface area contributed by atoms with E-state index in [2.05, 4.69) is 41.7 Å². The van der Waals surface area contributed by atoms with Gasteiger partial charge in [-0.2, -0.15) is 5.10 Å². The molecule has 2 aromatic rings. The molecule has 1 aliphatic carbocycles. The van der Waals surface area contributed by atoms with Crippen molar-refractivity contribution in [2.24, 2.45) is 18.9 Å². The van der Waals surface area contributed by atoms with Gasteiger partial charge in [-0.1, -0.05) is 30.2 Å². The number of aliphatic hydroxyl groups excluding tert-OH is 1. The fourth-order valence-electron chi connectivity index (χ4n) is 3.84. The lowest BCUT2D eigenvalue weighted by Gasteiger charge is -2.28. The fourth-order valence-corrected chi connectivity index (χ4v) is 3.84. The molecule has 3 rings (SSSR count). The Morgan fingerprint density at radius 2 is 2.12 bits per heavy atom. The van der Waals surface area contributed by atoms with Crippen molar-refractivity contribution in [3.63, 3.8) is 0 Å². The summed E-state index contributed by atoms with van der Waals surface area (Å²) in [6.45, 7) is 4.40. The molecule has 130 valence electrons. The van der Waals surface area contributed by atoms with Crippen LogP contribution in [0.2, 0.25) is 0 Å². The van der Waals surface area contributed by atoms with E-state index in [-0.39, 0.29) is 0 Å². The van der Waals surface area contributed by atoms with Crippen LogP contribution in [0.25, 0.3) is 11.1 Å². The van der Waals surface area contributed by atoms with Gasteiger partial charge >= 0.3 is 0 Å². The van der Waals surface area contributed by atoms with Crippen molar-refractivity contribution < 1.29 is 5.11 Å². The molecule has 0 bridgehead atoms. The zero-order chi connectivity index (χ0) is 16.9. The number of hydrogen-bond donors (Lipinski definition) is 2. The average Bonchev–Trinajstić information content (AvgIpc) is 3.02. The van der Waals surface area contributed by atoms with Crippen LogP contribution in [0.3, 0.4) is 0 Å². The first-order valence-electron chi connectivity index (χ1n) is 9.06. The van der Waals surface area contributed by atoms with Gasteiger partial charge in [-0.15, -0.1) is 0 Å². The lowest BCUT2D eigenvalue weighted by molar-refractivity contribution is 0.159. The first-order valence-corrected chi connectivity index (χ1v) is 9.06. The Bertz CT molecular complexity index is 665. The van der Waals surface area contributed by atoms with Gasteiger partial charge in [0.1, 0.15) is 0 Å². The Hall–Kier alpha value is -1.65. The van der Waals surface area contributed by atoms with Gasteiger partial charge in [-0.05, 0) is 55.7 Å². The lowest BCUT2D eigenvalue weighted by Crippen LogP contribution is -2.28. The number of aryl methyl sites for hydroxylation is 2. The molecule has 0 aliphatic heterocycles. The molecular formula is C20H29N3O. The predicted molar refractivity (Wildman–Crippen MR) is 97.6 cm³/mol. The molecule has 1 aromatic carbocycles. The highest BCUT2D eigenvalue weighted by molar-refractivity contribution is 5.66. The highest BCUT2D eigenvalue weighted by Crippen LogP contribution is 2.29. The summed E-state index contributed by atoms with van der Waals surface area (Å²) in [5.74, 6) is 1.21. The van der Waals surface area contributed by atoms with Gasteiger partial charge < -0.3 is 10.4 Å². The molecule has 0 spiro atoms. The van der Waals surface area contributed by atoms with Crippen molar-refractivity contribution in [3.8, 4) is 11.1 Å². The third-order valence-corrected chi connectivity index (χ3v) is 5.18. The van der Waals surface area contributed by atoms with Crippen molar-refractivity contribution in [2.45, 2.75) is 39.2 Å². The van der Waals surface area contributed by atoms with E-state index < -0.39 is 0 Å². The zero-order valence-electron chi connectivity index (χ0n) is 14.8. The Labute approximate surface area is 144 Å². The number of rotatable bonds is 6. The van der Waals surface area contributed by atoms with Crippen LogP contribution in [0.15, 0.2) is 30.6 Å². The van der Waals surface area contributed by atoms with Gasteiger partial charge in [0, 0.05) is 32.0 Å². The summed E-state index contributed by atoms with van der Waals surface area (Å²) in [5.41, 5.74) is 5.04. The minimum absolute atomic E-state index is 0.347. The van der Waals surface area contributed by atoms with E-state index in [0.717, 1.165) is 19.5 Å². The van der Waals surface area contributed by atoms with Gasteiger partial charge in [-0.25, -0.2) is 0 Å². The van der Waals surface area contributed by atoms with Crippen LogP contribution < -0.4 is 5.32 Å². The second-order valence-corrected chi connectivity index (χ2v) is 7.28. The van der Waals surface area contributed by atoms with Crippen LogP contribution in [0.1, 0.15) is 36.8 Å².